The maximum Gasteiger partial charge on any atom is 0.522 e. The first kappa shape index (κ1) is 39.1. The lowest BCUT2D eigenvalue weighted by atomic mass is 10.1. The lowest BCUT2D eigenvalue weighted by Crippen LogP contribution is -2.57. The second-order valence-electron chi connectivity index (χ2n) is 10.8. The van der Waals surface area contributed by atoms with Crippen LogP contribution >= 0.6 is 0 Å². The fraction of sp³-hybridized carbons (Fsp3) is 0.429. The lowest BCUT2D eigenvalue weighted by molar-refractivity contribution is -0.385. The molecular formula is C28H31F3N6O12S. The topological polar surface area (TPSA) is 232 Å². The van der Waals surface area contributed by atoms with Crippen molar-refractivity contribution in [2.24, 2.45) is 4.99 Å². The number of rotatable bonds is 8. The van der Waals surface area contributed by atoms with Crippen molar-refractivity contribution < 1.29 is 59.8 Å². The lowest BCUT2D eigenvalue weighted by Gasteiger charge is -2.40. The number of hydrogen-bond acceptors (Lipinski definition) is 11. The highest BCUT2D eigenvalue weighted by atomic mass is 32.2. The first-order valence-electron chi connectivity index (χ1n) is 14.6. The number of alkyl halides is 3. The zero-order chi connectivity index (χ0) is 37.2. The summed E-state index contributed by atoms with van der Waals surface area (Å²) < 4.78 is 68.0. The second kappa shape index (κ2) is 16.8. The van der Waals surface area contributed by atoms with Crippen LogP contribution in [0, 0.1) is 20.2 Å². The normalized spacial score (nSPS) is 17.9. The van der Waals surface area contributed by atoms with Crippen LogP contribution in [0.5, 0.6) is 0 Å². The van der Waals surface area contributed by atoms with Gasteiger partial charge in [0.05, 0.1) is 16.2 Å². The molecule has 1 unspecified atom stereocenters. The molecule has 22 heteroatoms. The van der Waals surface area contributed by atoms with Crippen LogP contribution in [0.4, 0.5) is 34.1 Å². The Labute approximate surface area is 282 Å². The fourth-order valence-corrected chi connectivity index (χ4v) is 4.76. The number of nitro benzene ring substituents is 2. The van der Waals surface area contributed by atoms with Gasteiger partial charge in [0.25, 0.3) is 11.4 Å². The standard InChI is InChI=1S/C27H30N6O9.CHF3O3S/c1-19-15-29(13-14-30(19)18-28-26(35)41-16-20-4-8-22(9-5-20)32(37)38)25(34)24-3-2-12-31(24)27(36)42-17-21-6-10-23(11-7-21)33(39)40;2-1(3,4)8(5,6)7/h4-11,18-19,24H,2-3,12-17H2,1H3;(H,5,6,7)/t19-,24?;/m0./s1. The van der Waals surface area contributed by atoms with Gasteiger partial charge in [-0.05, 0) is 55.2 Å². The monoisotopic (exact) mass is 732 g/mol. The number of non-ortho nitro benzene ring substituents is 2. The molecule has 18 nitrogen and oxygen atoms in total. The largest absolute Gasteiger partial charge is 0.522 e. The number of ether oxygens (including phenoxy) is 2. The van der Waals surface area contributed by atoms with Crippen molar-refractivity contribution in [2.45, 2.75) is 50.6 Å². The average Bonchev–Trinajstić information content (AvgIpc) is 3.55. The number of carbonyl (C=O) groups excluding carboxylic acids is 3. The zero-order valence-electron chi connectivity index (χ0n) is 26.2. The van der Waals surface area contributed by atoms with Gasteiger partial charge in [0.15, 0.2) is 0 Å². The number of halogens is 3. The molecule has 2 heterocycles. The van der Waals surface area contributed by atoms with Crippen LogP contribution in [-0.2, 0) is 37.6 Å². The van der Waals surface area contributed by atoms with E-state index in [0.29, 0.717) is 50.1 Å². The second-order valence-corrected chi connectivity index (χ2v) is 12.3. The van der Waals surface area contributed by atoms with E-state index < -0.39 is 43.7 Å². The molecule has 1 N–H and O–H groups in total. The predicted octanol–water partition coefficient (Wildman–Crippen LogP) is 3.90. The van der Waals surface area contributed by atoms with E-state index in [-0.39, 0.29) is 36.5 Å². The maximum atomic E-state index is 13.3. The molecule has 2 saturated heterocycles. The highest BCUT2D eigenvalue weighted by molar-refractivity contribution is 7.86. The molecule has 0 aromatic heterocycles. The molecule has 272 valence electrons. The fourth-order valence-electron chi connectivity index (χ4n) is 4.76. The third-order valence-corrected chi connectivity index (χ3v) is 7.97. The van der Waals surface area contributed by atoms with E-state index in [9.17, 15) is 47.8 Å². The van der Waals surface area contributed by atoms with Crippen LogP contribution in [0.15, 0.2) is 53.5 Å². The molecule has 0 bridgehead atoms. The molecule has 0 radical (unpaired) electrons. The number of piperazine rings is 1. The van der Waals surface area contributed by atoms with Crippen molar-refractivity contribution >= 4 is 45.9 Å². The molecule has 3 amide bonds. The van der Waals surface area contributed by atoms with Gasteiger partial charge in [-0.3, -0.25) is 34.5 Å². The first-order chi connectivity index (χ1) is 23.4. The zero-order valence-corrected chi connectivity index (χ0v) is 27.0. The minimum absolute atomic E-state index is 0.0597. The molecule has 2 aliphatic rings. The van der Waals surface area contributed by atoms with E-state index in [1.165, 1.54) is 59.8 Å². The van der Waals surface area contributed by atoms with Gasteiger partial charge in [0, 0.05) is 56.5 Å². The summed E-state index contributed by atoms with van der Waals surface area (Å²) >= 11 is 0. The minimum Gasteiger partial charge on any atom is -0.445 e. The quantitative estimate of drug-likeness (QED) is 0.101. The third-order valence-electron chi connectivity index (χ3n) is 7.39. The number of nitro groups is 2. The van der Waals surface area contributed by atoms with Crippen LogP contribution in [0.2, 0.25) is 0 Å². The smallest absolute Gasteiger partial charge is 0.445 e. The Morgan fingerprint density at radius 1 is 0.940 bits per heavy atom. The van der Waals surface area contributed by atoms with Crippen LogP contribution in [0.25, 0.3) is 0 Å². The molecule has 0 aliphatic carbocycles. The number of carbonyl (C=O) groups is 3. The van der Waals surface area contributed by atoms with E-state index in [0.717, 1.165) is 0 Å². The summed E-state index contributed by atoms with van der Waals surface area (Å²) in [5.74, 6) is -0.175. The summed E-state index contributed by atoms with van der Waals surface area (Å²) in [4.78, 5) is 67.5. The van der Waals surface area contributed by atoms with Crippen LogP contribution < -0.4 is 0 Å². The number of nitrogens with zero attached hydrogens (tertiary/aromatic N) is 6. The van der Waals surface area contributed by atoms with Crippen molar-refractivity contribution in [3.8, 4) is 0 Å². The Morgan fingerprint density at radius 2 is 1.44 bits per heavy atom. The van der Waals surface area contributed by atoms with Crippen molar-refractivity contribution in [3.05, 3.63) is 79.9 Å². The van der Waals surface area contributed by atoms with E-state index in [1.54, 1.807) is 4.90 Å². The van der Waals surface area contributed by atoms with E-state index in [1.807, 2.05) is 11.8 Å². The molecule has 0 spiro atoms. The Hall–Kier alpha value is -5.38. The van der Waals surface area contributed by atoms with Gasteiger partial charge in [0.2, 0.25) is 5.91 Å². The Bertz CT molecular complexity index is 1690. The molecule has 2 fully saturated rings. The van der Waals surface area contributed by atoms with Gasteiger partial charge in [-0.25, -0.2) is 9.59 Å². The summed E-state index contributed by atoms with van der Waals surface area (Å²) in [6.07, 6.45) is 1.13. The molecule has 4 rings (SSSR count). The molecule has 2 atom stereocenters. The Kier molecular flexibility index (Phi) is 13.1. The van der Waals surface area contributed by atoms with Crippen molar-refractivity contribution in [1.82, 2.24) is 14.7 Å². The summed E-state index contributed by atoms with van der Waals surface area (Å²) in [6, 6.07) is 10.5. The maximum absolute atomic E-state index is 13.3. The number of benzene rings is 2. The molecule has 0 saturated carbocycles. The van der Waals surface area contributed by atoms with Crippen molar-refractivity contribution in [2.75, 3.05) is 26.2 Å². The van der Waals surface area contributed by atoms with Gasteiger partial charge in [-0.1, -0.05) is 0 Å². The van der Waals surface area contributed by atoms with Gasteiger partial charge in [-0.15, -0.1) is 0 Å². The number of likely N-dealkylation sites (tertiary alicyclic amines) is 1. The number of amides is 3. The van der Waals surface area contributed by atoms with Crippen LogP contribution in [0.1, 0.15) is 30.9 Å². The average molecular weight is 733 g/mol. The van der Waals surface area contributed by atoms with Gasteiger partial charge >= 0.3 is 27.8 Å². The van der Waals surface area contributed by atoms with Crippen LogP contribution in [-0.4, -0.2) is 106 Å². The van der Waals surface area contributed by atoms with Crippen molar-refractivity contribution in [3.63, 3.8) is 0 Å². The highest BCUT2D eigenvalue weighted by Crippen LogP contribution is 2.23. The van der Waals surface area contributed by atoms with Crippen molar-refractivity contribution in [1.29, 1.82) is 0 Å². The summed E-state index contributed by atoms with van der Waals surface area (Å²) in [7, 11) is -5.84. The summed E-state index contributed by atoms with van der Waals surface area (Å²) in [5, 5.41) is 21.5. The molecule has 50 heavy (non-hydrogen) atoms. The predicted molar refractivity (Wildman–Crippen MR) is 165 cm³/mol. The van der Waals surface area contributed by atoms with Gasteiger partial charge < -0.3 is 19.3 Å². The third kappa shape index (κ3) is 11.1. The van der Waals surface area contributed by atoms with E-state index >= 15 is 0 Å². The minimum atomic E-state index is -5.84. The van der Waals surface area contributed by atoms with Gasteiger partial charge in [0.1, 0.15) is 19.3 Å². The molecule has 2 aliphatic heterocycles. The van der Waals surface area contributed by atoms with E-state index in [2.05, 4.69) is 4.99 Å². The Morgan fingerprint density at radius 3 is 1.90 bits per heavy atom. The summed E-state index contributed by atoms with van der Waals surface area (Å²) in [6.45, 7) is 3.28. The van der Waals surface area contributed by atoms with Crippen LogP contribution in [0.3, 0.4) is 0 Å². The number of hydrogen-bond donors (Lipinski definition) is 1. The first-order valence-corrected chi connectivity index (χ1v) is 16.0. The highest BCUT2D eigenvalue weighted by Gasteiger charge is 2.44. The molecule has 2 aromatic rings. The SMILES string of the molecule is C[C@H]1CN(C(=O)C2CCCN2C(=O)OCc2ccc([N+](=O)[O-])cc2)CCN1C=NC(=O)OCc1ccc([N+](=O)[O-])cc1.O=S(=O)(O)C(F)(F)F. The molecular weight excluding hydrogens is 701 g/mol. The molecule has 2 aromatic carbocycles. The number of aliphatic imine (C=N–C) groups is 1. The summed E-state index contributed by atoms with van der Waals surface area (Å²) in [5.41, 5.74) is -4.48. The van der Waals surface area contributed by atoms with Gasteiger partial charge in [-0.2, -0.15) is 26.6 Å². The Balaban J connectivity index is 0.000000753. The van der Waals surface area contributed by atoms with E-state index in [4.69, 9.17) is 22.4 Å².